The molecule has 3 rings (SSSR count). The average Bonchev–Trinajstić information content (AvgIpc) is 3.14. The smallest absolute Gasteiger partial charge is 0.277 e. The topological polar surface area (TPSA) is 77.2 Å². The molecule has 6 nitrogen and oxygen atoms in total. The van der Waals surface area contributed by atoms with E-state index >= 15 is 0 Å². The molecule has 0 aliphatic rings. The molecule has 3 aromatic rings. The van der Waals surface area contributed by atoms with E-state index in [0.29, 0.717) is 17.7 Å². The van der Waals surface area contributed by atoms with Crippen LogP contribution in [0.2, 0.25) is 0 Å². The van der Waals surface area contributed by atoms with Gasteiger partial charge in [-0.25, -0.2) is 0 Å². The van der Waals surface area contributed by atoms with E-state index in [1.54, 1.807) is 7.11 Å². The van der Waals surface area contributed by atoms with Crippen LogP contribution in [0.3, 0.4) is 0 Å². The molecule has 0 spiro atoms. The fourth-order valence-corrected chi connectivity index (χ4v) is 3.46. The summed E-state index contributed by atoms with van der Waals surface area (Å²) in [4.78, 5) is 12.4. The van der Waals surface area contributed by atoms with Gasteiger partial charge in [0.25, 0.3) is 5.22 Å². The van der Waals surface area contributed by atoms with E-state index in [2.05, 4.69) is 21.6 Å². The van der Waals surface area contributed by atoms with Gasteiger partial charge in [0.05, 0.1) is 12.4 Å². The molecule has 1 N–H and O–H groups in total. The molecule has 0 saturated carbocycles. The van der Waals surface area contributed by atoms with Crippen molar-refractivity contribution in [2.45, 2.75) is 37.8 Å². The molecule has 1 heterocycles. The summed E-state index contributed by atoms with van der Waals surface area (Å²) in [6.45, 7) is 6.32. The maximum Gasteiger partial charge on any atom is 0.277 e. The quantitative estimate of drug-likeness (QED) is 0.603. The molecule has 0 aliphatic heterocycles. The summed E-state index contributed by atoms with van der Waals surface area (Å²) < 4.78 is 10.9. The number of rotatable bonds is 7. The van der Waals surface area contributed by atoms with E-state index in [4.69, 9.17) is 9.15 Å². The SMILES string of the molecule is COc1ccc(CNC(=O)[C@@H](C)Sc2nnc(-c3cc(C)cc(C)c3)o2)cc1. The van der Waals surface area contributed by atoms with Gasteiger partial charge in [-0.3, -0.25) is 4.79 Å². The molecule has 1 amide bonds. The lowest BCUT2D eigenvalue weighted by Gasteiger charge is -2.10. The number of hydrogen-bond acceptors (Lipinski definition) is 6. The Bertz CT molecular complexity index is 934. The average molecular weight is 398 g/mol. The Balaban J connectivity index is 1.57. The molecule has 0 saturated heterocycles. The Kier molecular flexibility index (Phi) is 6.36. The van der Waals surface area contributed by atoms with E-state index in [9.17, 15) is 4.79 Å². The number of carbonyl (C=O) groups is 1. The largest absolute Gasteiger partial charge is 0.497 e. The van der Waals surface area contributed by atoms with Crippen LogP contribution >= 0.6 is 11.8 Å². The number of carbonyl (C=O) groups excluding carboxylic acids is 1. The third-order valence-corrected chi connectivity index (χ3v) is 5.08. The number of thioether (sulfide) groups is 1. The van der Waals surface area contributed by atoms with Crippen molar-refractivity contribution in [1.29, 1.82) is 0 Å². The second kappa shape index (κ2) is 8.93. The standard InChI is InChI=1S/C21H23N3O3S/c1-13-9-14(2)11-17(10-13)20-23-24-21(27-20)28-15(3)19(25)22-12-16-5-7-18(26-4)8-6-16/h5-11,15H,12H2,1-4H3,(H,22,25)/t15-/m1/s1. The van der Waals surface area contributed by atoms with Gasteiger partial charge in [-0.1, -0.05) is 41.1 Å². The van der Waals surface area contributed by atoms with Crippen molar-refractivity contribution in [2.75, 3.05) is 7.11 Å². The van der Waals surface area contributed by atoms with E-state index in [0.717, 1.165) is 28.0 Å². The van der Waals surface area contributed by atoms with Crippen LogP contribution in [0.5, 0.6) is 5.75 Å². The van der Waals surface area contributed by atoms with Crippen molar-refractivity contribution < 1.29 is 13.9 Å². The van der Waals surface area contributed by atoms with Crippen LogP contribution in [0, 0.1) is 13.8 Å². The lowest BCUT2D eigenvalue weighted by Crippen LogP contribution is -2.30. The van der Waals surface area contributed by atoms with Crippen LogP contribution < -0.4 is 10.1 Å². The van der Waals surface area contributed by atoms with Crippen LogP contribution in [0.1, 0.15) is 23.6 Å². The summed E-state index contributed by atoms with van der Waals surface area (Å²) in [6, 6.07) is 13.7. The van der Waals surface area contributed by atoms with Crippen molar-refractivity contribution in [3.8, 4) is 17.2 Å². The van der Waals surface area contributed by atoms with Gasteiger partial charge in [0.2, 0.25) is 11.8 Å². The molecule has 0 bridgehead atoms. The van der Waals surface area contributed by atoms with Crippen LogP contribution in [-0.2, 0) is 11.3 Å². The van der Waals surface area contributed by atoms with Crippen LogP contribution in [0.4, 0.5) is 0 Å². The first kappa shape index (κ1) is 19.9. The molecule has 2 aromatic carbocycles. The maximum absolute atomic E-state index is 12.4. The zero-order valence-corrected chi connectivity index (χ0v) is 17.2. The third kappa shape index (κ3) is 5.13. The van der Waals surface area contributed by atoms with Crippen molar-refractivity contribution >= 4 is 17.7 Å². The fraction of sp³-hybridized carbons (Fsp3) is 0.286. The van der Waals surface area contributed by atoms with Gasteiger partial charge in [0.1, 0.15) is 5.75 Å². The third-order valence-electron chi connectivity index (χ3n) is 4.15. The summed E-state index contributed by atoms with van der Waals surface area (Å²) in [5.74, 6) is 1.15. The number of aromatic nitrogens is 2. The van der Waals surface area contributed by atoms with Crippen LogP contribution in [-0.4, -0.2) is 28.5 Å². The minimum Gasteiger partial charge on any atom is -0.497 e. The van der Waals surface area contributed by atoms with Crippen molar-refractivity contribution in [1.82, 2.24) is 15.5 Å². The number of aryl methyl sites for hydroxylation is 2. The molecule has 1 aromatic heterocycles. The first-order valence-electron chi connectivity index (χ1n) is 8.94. The minimum absolute atomic E-state index is 0.0908. The highest BCUT2D eigenvalue weighted by Crippen LogP contribution is 2.27. The predicted octanol–water partition coefficient (Wildman–Crippen LogP) is 4.16. The number of methoxy groups -OCH3 is 1. The van der Waals surface area contributed by atoms with Gasteiger partial charge in [0, 0.05) is 12.1 Å². The summed E-state index contributed by atoms with van der Waals surface area (Å²) >= 11 is 1.24. The van der Waals surface area contributed by atoms with Gasteiger partial charge in [0.15, 0.2) is 0 Å². The fourth-order valence-electron chi connectivity index (χ4n) is 2.75. The molecule has 0 unspecified atom stereocenters. The van der Waals surface area contributed by atoms with Crippen molar-refractivity contribution in [2.24, 2.45) is 0 Å². The Labute approximate surface area is 168 Å². The maximum atomic E-state index is 12.4. The van der Waals surface area contributed by atoms with Crippen molar-refractivity contribution in [3.63, 3.8) is 0 Å². The van der Waals surface area contributed by atoms with E-state index in [1.165, 1.54) is 11.8 Å². The Morgan fingerprint density at radius 2 is 1.82 bits per heavy atom. The molecule has 0 fully saturated rings. The molecule has 0 radical (unpaired) electrons. The first-order valence-corrected chi connectivity index (χ1v) is 9.82. The number of benzene rings is 2. The minimum atomic E-state index is -0.356. The lowest BCUT2D eigenvalue weighted by molar-refractivity contribution is -0.120. The Morgan fingerprint density at radius 1 is 1.14 bits per heavy atom. The number of nitrogens with one attached hydrogen (secondary N) is 1. The summed E-state index contributed by atoms with van der Waals surface area (Å²) in [5, 5.41) is 11.1. The van der Waals surface area contributed by atoms with Crippen molar-refractivity contribution in [3.05, 3.63) is 59.2 Å². The molecule has 0 aliphatic carbocycles. The highest BCUT2D eigenvalue weighted by molar-refractivity contribution is 8.00. The zero-order valence-electron chi connectivity index (χ0n) is 16.4. The van der Waals surface area contributed by atoms with Gasteiger partial charge >= 0.3 is 0 Å². The Morgan fingerprint density at radius 3 is 2.46 bits per heavy atom. The van der Waals surface area contributed by atoms with Crippen LogP contribution in [0.15, 0.2) is 52.1 Å². The summed E-state index contributed by atoms with van der Waals surface area (Å²) in [7, 11) is 1.62. The summed E-state index contributed by atoms with van der Waals surface area (Å²) in [6.07, 6.45) is 0. The molecule has 28 heavy (non-hydrogen) atoms. The Hall–Kier alpha value is -2.80. The second-order valence-corrected chi connectivity index (χ2v) is 7.87. The highest BCUT2D eigenvalue weighted by atomic mass is 32.2. The van der Waals surface area contributed by atoms with E-state index in [-0.39, 0.29) is 11.2 Å². The lowest BCUT2D eigenvalue weighted by atomic mass is 10.1. The van der Waals surface area contributed by atoms with Gasteiger partial charge in [-0.05, 0) is 50.6 Å². The zero-order chi connectivity index (χ0) is 20.1. The number of ether oxygens (including phenoxy) is 1. The molecule has 7 heteroatoms. The van der Waals surface area contributed by atoms with Gasteiger partial charge in [-0.2, -0.15) is 0 Å². The summed E-state index contributed by atoms with van der Waals surface area (Å²) in [5.41, 5.74) is 4.15. The van der Waals surface area contributed by atoms with Gasteiger partial charge < -0.3 is 14.5 Å². The number of hydrogen-bond donors (Lipinski definition) is 1. The number of nitrogens with zero attached hydrogens (tertiary/aromatic N) is 2. The van der Waals surface area contributed by atoms with E-state index < -0.39 is 0 Å². The molecule has 1 atom stereocenters. The second-order valence-electron chi connectivity index (χ2n) is 6.58. The first-order chi connectivity index (χ1) is 13.4. The molecular formula is C21H23N3O3S. The number of amides is 1. The highest BCUT2D eigenvalue weighted by Gasteiger charge is 2.18. The normalized spacial score (nSPS) is 11.9. The van der Waals surface area contributed by atoms with Gasteiger partial charge in [-0.15, -0.1) is 10.2 Å². The monoisotopic (exact) mass is 397 g/mol. The predicted molar refractivity (Wildman–Crippen MR) is 109 cm³/mol. The van der Waals surface area contributed by atoms with E-state index in [1.807, 2.05) is 57.2 Å². The molecular weight excluding hydrogens is 374 g/mol. The molecule has 146 valence electrons. The van der Waals surface area contributed by atoms with Crippen LogP contribution in [0.25, 0.3) is 11.5 Å².